The van der Waals surface area contributed by atoms with E-state index in [2.05, 4.69) is 10.3 Å². The van der Waals surface area contributed by atoms with Crippen LogP contribution in [-0.2, 0) is 6.18 Å². The molecule has 0 radical (unpaired) electrons. The molecule has 0 aliphatic carbocycles. The summed E-state index contributed by atoms with van der Waals surface area (Å²) in [5.41, 5.74) is 0.380. The van der Waals surface area contributed by atoms with Crippen molar-refractivity contribution in [3.05, 3.63) is 53.9 Å². The first kappa shape index (κ1) is 18.8. The molecule has 0 aliphatic heterocycles. The molecule has 4 nitrogen and oxygen atoms in total. The highest BCUT2D eigenvalue weighted by atomic mass is 19.4. The Morgan fingerprint density at radius 1 is 1.20 bits per heavy atom. The van der Waals surface area contributed by atoms with E-state index >= 15 is 0 Å². The minimum atomic E-state index is -4.39. The summed E-state index contributed by atoms with van der Waals surface area (Å²) < 4.78 is 38.2. The van der Waals surface area contributed by atoms with Gasteiger partial charge in [0.2, 0.25) is 0 Å². The molecule has 2 rings (SSSR count). The molecule has 0 fully saturated rings. The third-order valence-electron chi connectivity index (χ3n) is 3.65. The lowest BCUT2D eigenvalue weighted by atomic mass is 10.2. The number of anilines is 2. The van der Waals surface area contributed by atoms with Gasteiger partial charge in [-0.25, -0.2) is 4.98 Å². The van der Waals surface area contributed by atoms with Crippen molar-refractivity contribution >= 4 is 17.3 Å². The van der Waals surface area contributed by atoms with Gasteiger partial charge >= 0.3 is 6.18 Å². The number of nitrogens with zero attached hydrogens (tertiary/aromatic N) is 2. The van der Waals surface area contributed by atoms with E-state index in [1.807, 2.05) is 6.92 Å². The maximum atomic E-state index is 12.7. The van der Waals surface area contributed by atoms with Gasteiger partial charge in [0.05, 0.1) is 17.4 Å². The number of aromatic nitrogens is 1. The summed E-state index contributed by atoms with van der Waals surface area (Å²) in [6.07, 6.45) is -1.06. The number of benzene rings is 1. The average molecular weight is 351 g/mol. The third kappa shape index (κ3) is 5.20. The van der Waals surface area contributed by atoms with Crippen LogP contribution >= 0.6 is 0 Å². The van der Waals surface area contributed by atoms with Gasteiger partial charge in [-0.05, 0) is 36.8 Å². The quantitative estimate of drug-likeness (QED) is 0.819. The second-order valence-corrected chi connectivity index (χ2v) is 5.72. The molecule has 7 heteroatoms. The predicted octanol–water partition coefficient (Wildman–Crippen LogP) is 4.72. The van der Waals surface area contributed by atoms with Gasteiger partial charge in [-0.1, -0.05) is 19.4 Å². The van der Waals surface area contributed by atoms with Crippen LogP contribution in [0.25, 0.3) is 0 Å². The van der Waals surface area contributed by atoms with Crippen LogP contribution < -0.4 is 5.32 Å². The first-order valence-corrected chi connectivity index (χ1v) is 7.97. The number of halogens is 3. The van der Waals surface area contributed by atoms with Crippen LogP contribution in [0, 0.1) is 0 Å². The van der Waals surface area contributed by atoms with E-state index in [1.165, 1.54) is 18.3 Å². The van der Waals surface area contributed by atoms with Gasteiger partial charge in [-0.2, -0.15) is 13.2 Å². The van der Waals surface area contributed by atoms with Crippen molar-refractivity contribution in [2.45, 2.75) is 25.9 Å². The largest absolute Gasteiger partial charge is 0.416 e. The van der Waals surface area contributed by atoms with Crippen molar-refractivity contribution in [2.75, 3.05) is 18.9 Å². The summed E-state index contributed by atoms with van der Waals surface area (Å²) in [6, 6.07) is 8.08. The fourth-order valence-electron chi connectivity index (χ4n) is 2.23. The summed E-state index contributed by atoms with van der Waals surface area (Å²) in [5.74, 6) is -0.181. The zero-order valence-electron chi connectivity index (χ0n) is 14.1. The van der Waals surface area contributed by atoms with Gasteiger partial charge in [0.25, 0.3) is 5.91 Å². The third-order valence-corrected chi connectivity index (χ3v) is 3.65. The molecule has 0 atom stereocenters. The molecule has 0 saturated heterocycles. The fraction of sp³-hybridized carbons (Fsp3) is 0.333. The molecule has 0 bridgehead atoms. The number of nitrogens with one attached hydrogen (secondary N) is 1. The molecule has 0 spiro atoms. The van der Waals surface area contributed by atoms with Gasteiger partial charge < -0.3 is 10.2 Å². The van der Waals surface area contributed by atoms with Crippen molar-refractivity contribution in [1.82, 2.24) is 9.88 Å². The number of unbranched alkanes of at least 4 members (excludes halogenated alkanes) is 1. The highest BCUT2D eigenvalue weighted by molar-refractivity contribution is 5.92. The molecular formula is C18H20F3N3O. The molecule has 1 heterocycles. The summed E-state index contributed by atoms with van der Waals surface area (Å²) >= 11 is 0. The molecular weight excluding hydrogens is 331 g/mol. The van der Waals surface area contributed by atoms with E-state index in [1.54, 1.807) is 24.1 Å². The van der Waals surface area contributed by atoms with E-state index in [-0.39, 0.29) is 5.91 Å². The Morgan fingerprint density at radius 3 is 2.56 bits per heavy atom. The molecule has 0 aliphatic rings. The van der Waals surface area contributed by atoms with E-state index in [9.17, 15) is 18.0 Å². The van der Waals surface area contributed by atoms with Crippen LogP contribution in [0.15, 0.2) is 42.6 Å². The van der Waals surface area contributed by atoms with Crippen LogP contribution in [0.1, 0.15) is 35.8 Å². The number of alkyl halides is 3. The summed E-state index contributed by atoms with van der Waals surface area (Å²) in [4.78, 5) is 17.9. The topological polar surface area (TPSA) is 45.2 Å². The molecule has 134 valence electrons. The van der Waals surface area contributed by atoms with Crippen molar-refractivity contribution in [2.24, 2.45) is 0 Å². The van der Waals surface area contributed by atoms with Gasteiger partial charge in [0.15, 0.2) is 0 Å². The van der Waals surface area contributed by atoms with Gasteiger partial charge in [0.1, 0.15) is 5.69 Å². The molecule has 25 heavy (non-hydrogen) atoms. The Labute approximate surface area is 144 Å². The second kappa shape index (κ2) is 8.00. The van der Waals surface area contributed by atoms with Crippen LogP contribution in [-0.4, -0.2) is 29.4 Å². The first-order valence-electron chi connectivity index (χ1n) is 7.97. The number of rotatable bonds is 6. The van der Waals surface area contributed by atoms with Crippen LogP contribution in [0.2, 0.25) is 0 Å². The fourth-order valence-corrected chi connectivity index (χ4v) is 2.23. The Bertz CT molecular complexity index is 714. The molecule has 2 aromatic rings. The molecule has 1 amide bonds. The lowest BCUT2D eigenvalue weighted by molar-refractivity contribution is -0.137. The Hall–Kier alpha value is -2.57. The zero-order valence-corrected chi connectivity index (χ0v) is 14.1. The standard InChI is InChI=1S/C18H20F3N3O/c1-3-4-10-24(2)17(25)16-9-8-15(12-22-16)23-14-7-5-6-13(11-14)18(19,20)21/h5-9,11-12,23H,3-4,10H2,1-2H3. The SMILES string of the molecule is CCCCN(C)C(=O)c1ccc(Nc2cccc(C(F)(F)F)c2)cn1. The average Bonchev–Trinajstić information content (AvgIpc) is 2.59. The minimum absolute atomic E-state index is 0.181. The molecule has 1 aromatic heterocycles. The lowest BCUT2D eigenvalue weighted by Crippen LogP contribution is -2.28. The lowest BCUT2D eigenvalue weighted by Gasteiger charge is -2.16. The Balaban J connectivity index is 2.07. The molecule has 1 N–H and O–H groups in total. The highest BCUT2D eigenvalue weighted by Crippen LogP contribution is 2.31. The van der Waals surface area contributed by atoms with Gasteiger partial charge in [-0.15, -0.1) is 0 Å². The molecule has 1 aromatic carbocycles. The van der Waals surface area contributed by atoms with E-state index in [0.717, 1.165) is 25.0 Å². The number of hydrogen-bond donors (Lipinski definition) is 1. The number of pyridine rings is 1. The van der Waals surface area contributed by atoms with Gasteiger partial charge in [-0.3, -0.25) is 4.79 Å². The van der Waals surface area contributed by atoms with Crippen LogP contribution in [0.3, 0.4) is 0 Å². The number of carbonyl (C=O) groups excluding carboxylic acids is 1. The van der Waals surface area contributed by atoms with Crippen molar-refractivity contribution in [3.63, 3.8) is 0 Å². The van der Waals surface area contributed by atoms with Crippen molar-refractivity contribution in [3.8, 4) is 0 Å². The summed E-state index contributed by atoms with van der Waals surface area (Å²) in [5, 5.41) is 2.86. The highest BCUT2D eigenvalue weighted by Gasteiger charge is 2.30. The summed E-state index contributed by atoms with van der Waals surface area (Å²) in [6.45, 7) is 2.70. The van der Waals surface area contributed by atoms with Gasteiger partial charge in [0, 0.05) is 19.3 Å². The second-order valence-electron chi connectivity index (χ2n) is 5.72. The predicted molar refractivity (Wildman–Crippen MR) is 90.8 cm³/mol. The van der Waals surface area contributed by atoms with E-state index in [4.69, 9.17) is 0 Å². The van der Waals surface area contributed by atoms with E-state index in [0.29, 0.717) is 23.6 Å². The van der Waals surface area contributed by atoms with Crippen molar-refractivity contribution in [1.29, 1.82) is 0 Å². The zero-order chi connectivity index (χ0) is 18.4. The van der Waals surface area contributed by atoms with Crippen LogP contribution in [0.5, 0.6) is 0 Å². The smallest absolute Gasteiger partial charge is 0.354 e. The maximum Gasteiger partial charge on any atom is 0.416 e. The molecule has 0 unspecified atom stereocenters. The number of carbonyl (C=O) groups is 1. The first-order chi connectivity index (χ1) is 11.8. The Kier molecular flexibility index (Phi) is 6.01. The normalized spacial score (nSPS) is 11.2. The number of hydrogen-bond acceptors (Lipinski definition) is 3. The monoisotopic (exact) mass is 351 g/mol. The number of amides is 1. The van der Waals surface area contributed by atoms with Crippen LogP contribution in [0.4, 0.5) is 24.5 Å². The minimum Gasteiger partial charge on any atom is -0.354 e. The summed E-state index contributed by atoms with van der Waals surface area (Å²) in [7, 11) is 1.72. The van der Waals surface area contributed by atoms with E-state index < -0.39 is 11.7 Å². The molecule has 0 saturated carbocycles. The van der Waals surface area contributed by atoms with Crippen molar-refractivity contribution < 1.29 is 18.0 Å². The maximum absolute atomic E-state index is 12.7. The Morgan fingerprint density at radius 2 is 1.96 bits per heavy atom.